The minimum absolute atomic E-state index is 0.183. The monoisotopic (exact) mass is 587 g/mol. The Hall–Kier alpha value is -3.80. The zero-order valence-corrected chi connectivity index (χ0v) is 25.3. The molecule has 5 heterocycles. The van der Waals surface area contributed by atoms with E-state index >= 15 is 0 Å². The van der Waals surface area contributed by atoms with E-state index in [0.29, 0.717) is 40.9 Å². The van der Waals surface area contributed by atoms with Gasteiger partial charge >= 0.3 is 0 Å². The topological polar surface area (TPSA) is 117 Å². The molecular weight excluding hydrogens is 550 g/mol. The van der Waals surface area contributed by atoms with Crippen LogP contribution in [0.25, 0.3) is 11.1 Å². The van der Waals surface area contributed by atoms with Crippen LogP contribution < -0.4 is 21.1 Å². The lowest BCUT2D eigenvalue weighted by atomic mass is 9.90. The third-order valence-electron chi connectivity index (χ3n) is 8.31. The summed E-state index contributed by atoms with van der Waals surface area (Å²) >= 11 is 1.55. The largest absolute Gasteiger partial charge is 0.392 e. The van der Waals surface area contributed by atoms with E-state index in [-0.39, 0.29) is 17.6 Å². The molecule has 6 rings (SSSR count). The first-order valence-electron chi connectivity index (χ1n) is 14.3. The van der Waals surface area contributed by atoms with Crippen molar-refractivity contribution in [2.45, 2.75) is 59.7 Å². The molecule has 2 aliphatic rings. The Morgan fingerprint density at radius 3 is 2.88 bits per heavy atom. The molecule has 4 aromatic heterocycles. The molecule has 1 aliphatic heterocycles. The lowest BCUT2D eigenvalue weighted by Crippen LogP contribution is -2.29. The Morgan fingerprint density at radius 1 is 1.29 bits per heavy atom. The van der Waals surface area contributed by atoms with Gasteiger partial charge in [-0.05, 0) is 54.5 Å². The van der Waals surface area contributed by atoms with E-state index in [4.69, 9.17) is 4.98 Å². The highest BCUT2D eigenvalue weighted by atomic mass is 32.1. The lowest BCUT2D eigenvalue weighted by Gasteiger charge is -2.23. The number of nitrogens with one attached hydrogen (secondary N) is 2. The van der Waals surface area contributed by atoms with E-state index in [9.17, 15) is 14.7 Å². The van der Waals surface area contributed by atoms with E-state index in [1.165, 1.54) is 26.4 Å². The van der Waals surface area contributed by atoms with E-state index < -0.39 is 0 Å². The Labute approximate surface area is 249 Å². The fourth-order valence-corrected chi connectivity index (χ4v) is 7.31. The number of fused-ring (bicyclic) bond motifs is 2. The number of aromatic nitrogens is 4. The molecule has 0 aromatic carbocycles. The molecule has 1 aliphatic carbocycles. The Bertz CT molecular complexity index is 1690. The van der Waals surface area contributed by atoms with Crippen LogP contribution in [-0.4, -0.2) is 43.7 Å². The third-order valence-corrected chi connectivity index (χ3v) is 9.33. The maximum Gasteiger partial charge on any atom is 0.274 e. The summed E-state index contributed by atoms with van der Waals surface area (Å²) in [6.07, 6.45) is 7.09. The number of rotatable bonds is 9. The molecule has 220 valence electrons. The molecule has 4 aromatic rings. The van der Waals surface area contributed by atoms with Crippen molar-refractivity contribution in [1.82, 2.24) is 24.4 Å². The molecule has 11 heteroatoms. The molecule has 1 amide bonds. The number of aliphatic hydroxyl groups excluding tert-OH is 1. The van der Waals surface area contributed by atoms with Crippen molar-refractivity contribution in [3.63, 3.8) is 0 Å². The molecule has 0 fully saturated rings. The molecule has 0 saturated heterocycles. The highest BCUT2D eigenvalue weighted by Crippen LogP contribution is 2.38. The summed E-state index contributed by atoms with van der Waals surface area (Å²) < 4.78 is 3.82. The van der Waals surface area contributed by atoms with Crippen LogP contribution in [-0.2, 0) is 50.8 Å². The van der Waals surface area contributed by atoms with Crippen molar-refractivity contribution in [3.05, 3.63) is 74.0 Å². The van der Waals surface area contributed by atoms with Gasteiger partial charge in [-0.15, -0.1) is 11.3 Å². The predicted octanol–water partition coefficient (Wildman–Crippen LogP) is 3.68. The fourth-order valence-electron chi connectivity index (χ4n) is 6.32. The van der Waals surface area contributed by atoms with Crippen LogP contribution in [0.15, 0.2) is 35.4 Å². The molecular formula is C31H37N7O3S. The number of aliphatic hydroxyl groups is 1. The van der Waals surface area contributed by atoms with Gasteiger partial charge in [-0.25, -0.2) is 9.97 Å². The van der Waals surface area contributed by atoms with E-state index in [1.54, 1.807) is 47.8 Å². The zero-order chi connectivity index (χ0) is 29.6. The SMILES string of the molecule is Cc1cc2c(n1CCN(C=O)c1nccc(-c3cc(Nc4nc5c(s4)CNCC5)c(=O)n(C)c3)c1CO)CC(C)(C)C2. The Morgan fingerprint density at radius 2 is 2.12 bits per heavy atom. The molecule has 0 spiro atoms. The first kappa shape index (κ1) is 28.3. The standard InChI is InChI=1S/C31H37N7O3S/c1-19-11-20-13-31(2,3)14-26(20)38(19)10-9-37(18-40)28-23(17-39)22(5-8-33-28)21-12-25(29(41)36(4)16-21)35-30-34-24-6-7-32-15-27(24)42-30/h5,8,11-12,16,18,32,39H,6-7,9-10,13-15,17H2,1-4H3,(H,34,35). The summed E-state index contributed by atoms with van der Waals surface area (Å²) in [7, 11) is 1.70. The van der Waals surface area contributed by atoms with Gasteiger partial charge in [0.15, 0.2) is 5.13 Å². The van der Waals surface area contributed by atoms with Gasteiger partial charge in [0, 0.05) is 79.4 Å². The van der Waals surface area contributed by atoms with Crippen LogP contribution in [0, 0.1) is 12.3 Å². The summed E-state index contributed by atoms with van der Waals surface area (Å²) in [6.45, 7) is 9.09. The molecule has 0 radical (unpaired) electrons. The first-order valence-corrected chi connectivity index (χ1v) is 15.1. The van der Waals surface area contributed by atoms with Crippen molar-refractivity contribution in [2.75, 3.05) is 23.3 Å². The van der Waals surface area contributed by atoms with E-state index in [2.05, 4.69) is 47.0 Å². The van der Waals surface area contributed by atoms with Gasteiger partial charge in [0.1, 0.15) is 11.5 Å². The number of hydrogen-bond acceptors (Lipinski definition) is 8. The van der Waals surface area contributed by atoms with Crippen LogP contribution >= 0.6 is 11.3 Å². The second-order valence-electron chi connectivity index (χ2n) is 12.0. The molecule has 0 unspecified atom stereocenters. The van der Waals surface area contributed by atoms with Crippen molar-refractivity contribution < 1.29 is 9.90 Å². The Kier molecular flexibility index (Phi) is 7.50. The number of amides is 1. The van der Waals surface area contributed by atoms with Crippen molar-refractivity contribution in [2.24, 2.45) is 12.5 Å². The van der Waals surface area contributed by atoms with Gasteiger partial charge in [-0.3, -0.25) is 14.5 Å². The number of anilines is 3. The zero-order valence-electron chi connectivity index (χ0n) is 24.5. The average molecular weight is 588 g/mol. The summed E-state index contributed by atoms with van der Waals surface area (Å²) in [5.74, 6) is 0.412. The number of nitrogens with zero attached hydrogens (tertiary/aromatic N) is 5. The maximum atomic E-state index is 13.1. The van der Waals surface area contributed by atoms with Crippen LogP contribution in [0.1, 0.15) is 46.9 Å². The minimum Gasteiger partial charge on any atom is -0.392 e. The number of aryl methyl sites for hydroxylation is 2. The van der Waals surface area contributed by atoms with Crippen LogP contribution in [0.4, 0.5) is 16.6 Å². The van der Waals surface area contributed by atoms with Crippen LogP contribution in [0.3, 0.4) is 0 Å². The highest BCUT2D eigenvalue weighted by molar-refractivity contribution is 7.15. The third kappa shape index (κ3) is 5.28. The summed E-state index contributed by atoms with van der Waals surface area (Å²) in [5, 5.41) is 17.8. The van der Waals surface area contributed by atoms with Crippen molar-refractivity contribution in [1.29, 1.82) is 0 Å². The lowest BCUT2D eigenvalue weighted by molar-refractivity contribution is -0.107. The normalized spacial score (nSPS) is 15.4. The predicted molar refractivity (Wildman–Crippen MR) is 165 cm³/mol. The van der Waals surface area contributed by atoms with Crippen molar-refractivity contribution in [3.8, 4) is 11.1 Å². The fraction of sp³-hybridized carbons (Fsp3) is 0.419. The van der Waals surface area contributed by atoms with Gasteiger partial charge < -0.3 is 24.9 Å². The van der Waals surface area contributed by atoms with Gasteiger partial charge in [0.25, 0.3) is 5.56 Å². The quantitative estimate of drug-likeness (QED) is 0.256. The molecule has 0 atom stereocenters. The van der Waals surface area contributed by atoms with Crippen molar-refractivity contribution >= 4 is 34.4 Å². The van der Waals surface area contributed by atoms with E-state index in [0.717, 1.165) is 50.0 Å². The van der Waals surface area contributed by atoms with Gasteiger partial charge in [0.2, 0.25) is 6.41 Å². The van der Waals surface area contributed by atoms with Gasteiger partial charge in [-0.1, -0.05) is 13.8 Å². The molecule has 42 heavy (non-hydrogen) atoms. The van der Waals surface area contributed by atoms with E-state index in [1.807, 2.05) is 0 Å². The van der Waals surface area contributed by atoms with Crippen LogP contribution in [0.5, 0.6) is 0 Å². The maximum absolute atomic E-state index is 13.1. The van der Waals surface area contributed by atoms with Crippen LogP contribution in [0.2, 0.25) is 0 Å². The Balaban J connectivity index is 1.30. The molecule has 3 N–H and O–H groups in total. The number of carbonyl (C=O) groups excluding carboxylic acids is 1. The summed E-state index contributed by atoms with van der Waals surface area (Å²) in [4.78, 5) is 37.4. The number of thiazole rings is 1. The molecule has 0 saturated carbocycles. The second-order valence-corrected chi connectivity index (χ2v) is 13.1. The smallest absolute Gasteiger partial charge is 0.274 e. The number of hydrogen-bond donors (Lipinski definition) is 3. The minimum atomic E-state index is -0.313. The summed E-state index contributed by atoms with van der Waals surface area (Å²) in [6, 6.07) is 5.84. The first-order chi connectivity index (χ1) is 20.2. The van der Waals surface area contributed by atoms with Gasteiger partial charge in [0.05, 0.1) is 12.3 Å². The second kappa shape index (κ2) is 11.1. The average Bonchev–Trinajstić information content (AvgIpc) is 3.59. The number of pyridine rings is 2. The summed E-state index contributed by atoms with van der Waals surface area (Å²) in [5.41, 5.74) is 7.39. The number of carbonyl (C=O) groups is 1. The molecule has 10 nitrogen and oxygen atoms in total. The highest BCUT2D eigenvalue weighted by Gasteiger charge is 2.32. The van der Waals surface area contributed by atoms with Gasteiger partial charge in [-0.2, -0.15) is 0 Å². The molecule has 0 bridgehead atoms.